The lowest BCUT2D eigenvalue weighted by molar-refractivity contribution is -0.120. The number of hydrogen-bond acceptors (Lipinski definition) is 8. The number of amides is 1. The van der Waals surface area contributed by atoms with Gasteiger partial charge in [-0.25, -0.2) is 9.97 Å². The largest absolute Gasteiger partial charge is 0.497 e. The molecule has 2 heterocycles. The zero-order valence-corrected chi connectivity index (χ0v) is 21.7. The van der Waals surface area contributed by atoms with Gasteiger partial charge in [-0.15, -0.1) is 11.3 Å². The predicted octanol–water partition coefficient (Wildman–Crippen LogP) is 5.22. The molecule has 0 saturated carbocycles. The van der Waals surface area contributed by atoms with Crippen LogP contribution in [0.4, 0.5) is 0 Å². The Bertz CT molecular complexity index is 1310. The molecule has 1 unspecified atom stereocenters. The highest BCUT2D eigenvalue weighted by Gasteiger charge is 2.20. The van der Waals surface area contributed by atoms with Crippen LogP contribution in [0.25, 0.3) is 21.3 Å². The van der Waals surface area contributed by atoms with Crippen molar-refractivity contribution in [1.82, 2.24) is 15.3 Å². The second kappa shape index (κ2) is 11.4. The highest BCUT2D eigenvalue weighted by atomic mass is 32.2. The molecule has 1 amide bonds. The molecule has 0 spiro atoms. The molecule has 0 aliphatic carbocycles. The third-order valence-electron chi connectivity index (χ3n) is 5.55. The van der Waals surface area contributed by atoms with Gasteiger partial charge in [0, 0.05) is 17.5 Å². The molecule has 0 aliphatic heterocycles. The number of benzene rings is 2. The molecule has 4 aromatic rings. The van der Waals surface area contributed by atoms with E-state index in [1.165, 1.54) is 11.8 Å². The Morgan fingerprint density at radius 2 is 1.80 bits per heavy atom. The fourth-order valence-electron chi connectivity index (χ4n) is 3.65. The van der Waals surface area contributed by atoms with Gasteiger partial charge in [0.05, 0.1) is 32.0 Å². The van der Waals surface area contributed by atoms with E-state index in [1.54, 1.807) is 39.0 Å². The molecule has 182 valence electrons. The number of aromatic nitrogens is 2. The SMILES string of the molecule is COc1ccc(-c2csc3ncnc(SC(C)C(=O)NCCc4ccc(OC)c(OC)c4)c23)cc1. The lowest BCUT2D eigenvalue weighted by Crippen LogP contribution is -2.32. The van der Waals surface area contributed by atoms with Gasteiger partial charge in [-0.2, -0.15) is 0 Å². The van der Waals surface area contributed by atoms with Crippen molar-refractivity contribution in [2.75, 3.05) is 27.9 Å². The Kier molecular flexibility index (Phi) is 8.09. The Hall–Kier alpha value is -3.30. The van der Waals surface area contributed by atoms with E-state index >= 15 is 0 Å². The number of nitrogens with zero attached hydrogens (tertiary/aromatic N) is 2. The summed E-state index contributed by atoms with van der Waals surface area (Å²) in [6, 6.07) is 13.7. The fraction of sp³-hybridized carbons (Fsp3) is 0.269. The van der Waals surface area contributed by atoms with E-state index in [0.29, 0.717) is 24.5 Å². The van der Waals surface area contributed by atoms with Gasteiger partial charge in [0.15, 0.2) is 11.5 Å². The molecule has 0 radical (unpaired) electrons. The van der Waals surface area contributed by atoms with E-state index < -0.39 is 0 Å². The van der Waals surface area contributed by atoms with Gasteiger partial charge in [0.1, 0.15) is 21.9 Å². The second-order valence-electron chi connectivity index (χ2n) is 7.73. The molecule has 0 saturated heterocycles. The lowest BCUT2D eigenvalue weighted by Gasteiger charge is -2.13. The minimum Gasteiger partial charge on any atom is -0.497 e. The highest BCUT2D eigenvalue weighted by molar-refractivity contribution is 8.00. The Balaban J connectivity index is 1.43. The standard InChI is InChI=1S/C26H27N3O4S2/c1-16(24(30)27-12-11-17-5-10-21(32-3)22(13-17)33-4)35-26-23-20(14-34-25(23)28-15-29-26)18-6-8-19(31-2)9-7-18/h5-10,13-16H,11-12H2,1-4H3,(H,27,30). The molecule has 9 heteroatoms. The van der Waals surface area contributed by atoms with E-state index in [9.17, 15) is 4.79 Å². The summed E-state index contributed by atoms with van der Waals surface area (Å²) in [7, 11) is 4.87. The van der Waals surface area contributed by atoms with Crippen molar-refractivity contribution in [3.05, 3.63) is 59.7 Å². The number of carbonyl (C=O) groups excluding carboxylic acids is 1. The van der Waals surface area contributed by atoms with Crippen LogP contribution in [0.3, 0.4) is 0 Å². The topological polar surface area (TPSA) is 82.6 Å². The number of thiophene rings is 1. The minimum absolute atomic E-state index is 0.0385. The Labute approximate surface area is 212 Å². The van der Waals surface area contributed by atoms with Crippen LogP contribution in [-0.2, 0) is 11.2 Å². The van der Waals surface area contributed by atoms with Crippen LogP contribution >= 0.6 is 23.1 Å². The molecule has 7 nitrogen and oxygen atoms in total. The van der Waals surface area contributed by atoms with Gasteiger partial charge in [-0.3, -0.25) is 4.79 Å². The fourth-order valence-corrected chi connectivity index (χ4v) is 5.59. The van der Waals surface area contributed by atoms with Crippen molar-refractivity contribution in [2.24, 2.45) is 0 Å². The molecule has 0 aliphatic rings. The molecule has 2 aromatic carbocycles. The van der Waals surface area contributed by atoms with Gasteiger partial charge >= 0.3 is 0 Å². The lowest BCUT2D eigenvalue weighted by atomic mass is 10.1. The number of nitrogens with one attached hydrogen (secondary N) is 1. The van der Waals surface area contributed by atoms with Crippen molar-refractivity contribution in [3.63, 3.8) is 0 Å². The smallest absolute Gasteiger partial charge is 0.233 e. The average Bonchev–Trinajstić information content (AvgIpc) is 3.33. The minimum atomic E-state index is -0.317. The van der Waals surface area contributed by atoms with Gasteiger partial charge < -0.3 is 19.5 Å². The number of carbonyl (C=O) groups is 1. The Morgan fingerprint density at radius 1 is 1.03 bits per heavy atom. The summed E-state index contributed by atoms with van der Waals surface area (Å²) in [5.41, 5.74) is 3.17. The van der Waals surface area contributed by atoms with Crippen LogP contribution < -0.4 is 19.5 Å². The van der Waals surface area contributed by atoms with Crippen molar-refractivity contribution in [2.45, 2.75) is 23.6 Å². The van der Waals surface area contributed by atoms with E-state index in [0.717, 1.165) is 37.7 Å². The highest BCUT2D eigenvalue weighted by Crippen LogP contribution is 2.39. The summed E-state index contributed by atoms with van der Waals surface area (Å²) in [6.07, 6.45) is 2.24. The summed E-state index contributed by atoms with van der Waals surface area (Å²) in [5.74, 6) is 2.13. The number of hydrogen-bond donors (Lipinski definition) is 1. The first kappa shape index (κ1) is 24.8. The molecule has 0 fully saturated rings. The van der Waals surface area contributed by atoms with E-state index in [2.05, 4.69) is 20.7 Å². The molecular weight excluding hydrogens is 482 g/mol. The van der Waals surface area contributed by atoms with E-state index in [1.807, 2.05) is 49.4 Å². The van der Waals surface area contributed by atoms with E-state index in [-0.39, 0.29) is 11.2 Å². The normalized spacial score (nSPS) is 11.8. The Morgan fingerprint density at radius 3 is 2.51 bits per heavy atom. The summed E-state index contributed by atoms with van der Waals surface area (Å²) >= 11 is 3.01. The molecule has 1 N–H and O–H groups in total. The maximum Gasteiger partial charge on any atom is 0.233 e. The van der Waals surface area contributed by atoms with Gasteiger partial charge in [-0.1, -0.05) is 30.0 Å². The van der Waals surface area contributed by atoms with Gasteiger partial charge in [-0.05, 0) is 48.7 Å². The average molecular weight is 510 g/mol. The zero-order valence-electron chi connectivity index (χ0n) is 20.0. The number of rotatable bonds is 10. The third-order valence-corrected chi connectivity index (χ3v) is 7.54. The molecular formula is C26H27N3O4S2. The third kappa shape index (κ3) is 5.68. The summed E-state index contributed by atoms with van der Waals surface area (Å²) in [5, 5.41) is 6.56. The molecule has 1 atom stereocenters. The summed E-state index contributed by atoms with van der Waals surface area (Å²) in [4.78, 5) is 22.7. The van der Waals surface area contributed by atoms with Crippen LogP contribution in [0, 0.1) is 0 Å². The van der Waals surface area contributed by atoms with Gasteiger partial charge in [0.2, 0.25) is 5.91 Å². The first-order valence-corrected chi connectivity index (χ1v) is 12.8. The monoisotopic (exact) mass is 509 g/mol. The van der Waals surface area contributed by atoms with Gasteiger partial charge in [0.25, 0.3) is 0 Å². The maximum absolute atomic E-state index is 12.8. The van der Waals surface area contributed by atoms with Crippen LogP contribution in [0.15, 0.2) is 59.2 Å². The second-order valence-corrected chi connectivity index (χ2v) is 9.91. The van der Waals surface area contributed by atoms with Crippen molar-refractivity contribution < 1.29 is 19.0 Å². The molecule has 4 rings (SSSR count). The summed E-state index contributed by atoms with van der Waals surface area (Å²) in [6.45, 7) is 2.41. The first-order valence-electron chi connectivity index (χ1n) is 11.1. The van der Waals surface area contributed by atoms with Crippen molar-refractivity contribution in [3.8, 4) is 28.4 Å². The number of ether oxygens (including phenoxy) is 3. The number of fused-ring (bicyclic) bond motifs is 1. The zero-order chi connectivity index (χ0) is 24.8. The van der Waals surface area contributed by atoms with Crippen LogP contribution in [0.2, 0.25) is 0 Å². The number of thioether (sulfide) groups is 1. The van der Waals surface area contributed by atoms with Crippen LogP contribution in [0.1, 0.15) is 12.5 Å². The molecule has 0 bridgehead atoms. The van der Waals surface area contributed by atoms with Crippen LogP contribution in [0.5, 0.6) is 17.2 Å². The molecule has 35 heavy (non-hydrogen) atoms. The van der Waals surface area contributed by atoms with Crippen LogP contribution in [-0.4, -0.2) is 49.0 Å². The maximum atomic E-state index is 12.8. The first-order chi connectivity index (χ1) is 17.0. The predicted molar refractivity (Wildman–Crippen MR) is 141 cm³/mol. The summed E-state index contributed by atoms with van der Waals surface area (Å²) < 4.78 is 15.9. The molecule has 2 aromatic heterocycles. The quantitative estimate of drug-likeness (QED) is 0.232. The number of methoxy groups -OCH3 is 3. The van der Waals surface area contributed by atoms with Crippen molar-refractivity contribution >= 4 is 39.2 Å². The van der Waals surface area contributed by atoms with E-state index in [4.69, 9.17) is 14.2 Å². The van der Waals surface area contributed by atoms with Crippen molar-refractivity contribution in [1.29, 1.82) is 0 Å².